The second-order valence-electron chi connectivity index (χ2n) is 5.56. The van der Waals surface area contributed by atoms with E-state index < -0.39 is 0 Å². The Bertz CT molecular complexity index is 502. The van der Waals surface area contributed by atoms with E-state index in [1.807, 2.05) is 0 Å². The average Bonchev–Trinajstić information content (AvgIpc) is 2.55. The van der Waals surface area contributed by atoms with Crippen molar-refractivity contribution in [3.05, 3.63) is 42.2 Å². The third kappa shape index (κ3) is 5.39. The monoisotopic (exact) mass is 306 g/mol. The van der Waals surface area contributed by atoms with Gasteiger partial charge in [-0.05, 0) is 49.4 Å². The smallest absolute Gasteiger partial charge is 0.317 e. The Hall–Kier alpha value is -2.04. The molecule has 1 aromatic carbocycles. The fourth-order valence-electron chi connectivity index (χ4n) is 2.34. The van der Waals surface area contributed by atoms with Crippen molar-refractivity contribution in [2.24, 2.45) is 5.92 Å². The summed E-state index contributed by atoms with van der Waals surface area (Å²) in [6.07, 6.45) is 7.64. The van der Waals surface area contributed by atoms with Gasteiger partial charge in [0, 0.05) is 13.6 Å². The Labute approximate surface area is 131 Å². The van der Waals surface area contributed by atoms with Crippen LogP contribution in [-0.4, -0.2) is 37.7 Å². The lowest BCUT2D eigenvalue weighted by atomic mass is 9.94. The van der Waals surface area contributed by atoms with E-state index in [4.69, 9.17) is 4.74 Å². The third-order valence-corrected chi connectivity index (χ3v) is 3.78. The Morgan fingerprint density at radius 1 is 1.36 bits per heavy atom. The van der Waals surface area contributed by atoms with Gasteiger partial charge in [0.1, 0.15) is 18.2 Å². The Morgan fingerprint density at radius 2 is 2.14 bits per heavy atom. The molecule has 120 valence electrons. The van der Waals surface area contributed by atoms with E-state index in [0.29, 0.717) is 31.4 Å². The molecule has 1 unspecified atom stereocenters. The fraction of sp³-hybridized carbons (Fsp3) is 0.471. The molecule has 0 bridgehead atoms. The third-order valence-electron chi connectivity index (χ3n) is 3.78. The molecule has 1 N–H and O–H groups in total. The van der Waals surface area contributed by atoms with Crippen LogP contribution in [0, 0.1) is 11.7 Å². The lowest BCUT2D eigenvalue weighted by Gasteiger charge is -2.22. The molecule has 0 saturated carbocycles. The summed E-state index contributed by atoms with van der Waals surface area (Å²) in [4.78, 5) is 13.6. The second kappa shape index (κ2) is 8.41. The van der Waals surface area contributed by atoms with Crippen molar-refractivity contribution >= 4 is 6.03 Å². The number of ether oxygens (including phenoxy) is 1. The van der Waals surface area contributed by atoms with Gasteiger partial charge in [-0.25, -0.2) is 9.18 Å². The molecular formula is C17H23FN2O2. The van der Waals surface area contributed by atoms with Crippen molar-refractivity contribution in [3.63, 3.8) is 0 Å². The number of carbonyl (C=O) groups excluding carboxylic acids is 1. The number of nitrogens with zero attached hydrogens (tertiary/aromatic N) is 1. The van der Waals surface area contributed by atoms with Crippen LogP contribution in [0.3, 0.4) is 0 Å². The molecule has 1 aliphatic carbocycles. The zero-order chi connectivity index (χ0) is 15.8. The standard InChI is InChI=1S/C17H23FN2O2/c1-20(11-12-22-16-9-7-15(18)8-10-16)17(21)19-13-14-5-3-2-4-6-14/h2-3,7-10,14H,4-6,11-13H2,1H3,(H,19,21). The molecule has 0 aliphatic heterocycles. The molecule has 1 aliphatic rings. The van der Waals surface area contributed by atoms with Gasteiger partial charge >= 0.3 is 6.03 Å². The van der Waals surface area contributed by atoms with Gasteiger partial charge in [0.25, 0.3) is 0 Å². The first-order valence-corrected chi connectivity index (χ1v) is 7.67. The molecule has 2 rings (SSSR count). The van der Waals surface area contributed by atoms with Gasteiger partial charge in [0.05, 0.1) is 6.54 Å². The highest BCUT2D eigenvalue weighted by molar-refractivity contribution is 5.73. The zero-order valence-electron chi connectivity index (χ0n) is 12.9. The number of allylic oxidation sites excluding steroid dienone is 2. The first kappa shape index (κ1) is 16.3. The summed E-state index contributed by atoms with van der Waals surface area (Å²) in [6.45, 7) is 1.57. The molecule has 5 heteroatoms. The van der Waals surface area contributed by atoms with Crippen molar-refractivity contribution < 1.29 is 13.9 Å². The van der Waals surface area contributed by atoms with E-state index in [0.717, 1.165) is 19.3 Å². The number of benzene rings is 1. The summed E-state index contributed by atoms with van der Waals surface area (Å²) in [5, 5.41) is 2.96. The Kier molecular flexibility index (Phi) is 6.25. The van der Waals surface area contributed by atoms with Gasteiger partial charge in [-0.15, -0.1) is 0 Å². The highest BCUT2D eigenvalue weighted by atomic mass is 19.1. The minimum absolute atomic E-state index is 0.0859. The number of amides is 2. The number of urea groups is 1. The Balaban J connectivity index is 1.63. The number of likely N-dealkylation sites (N-methyl/N-ethyl adjacent to an activating group) is 1. The molecule has 0 radical (unpaired) electrons. The largest absolute Gasteiger partial charge is 0.492 e. The van der Waals surface area contributed by atoms with E-state index in [-0.39, 0.29) is 11.8 Å². The Morgan fingerprint density at radius 3 is 2.82 bits per heavy atom. The zero-order valence-corrected chi connectivity index (χ0v) is 12.9. The number of carbonyl (C=O) groups is 1. The van der Waals surface area contributed by atoms with Crippen molar-refractivity contribution in [2.75, 3.05) is 26.7 Å². The summed E-state index contributed by atoms with van der Waals surface area (Å²) in [5.74, 6) is 0.850. The summed E-state index contributed by atoms with van der Waals surface area (Å²) < 4.78 is 18.2. The van der Waals surface area contributed by atoms with Gasteiger partial charge in [-0.3, -0.25) is 0 Å². The van der Waals surface area contributed by atoms with Crippen molar-refractivity contribution in [3.8, 4) is 5.75 Å². The van der Waals surface area contributed by atoms with Crippen LogP contribution < -0.4 is 10.1 Å². The fourth-order valence-corrected chi connectivity index (χ4v) is 2.34. The van der Waals surface area contributed by atoms with E-state index in [9.17, 15) is 9.18 Å². The molecule has 4 nitrogen and oxygen atoms in total. The van der Waals surface area contributed by atoms with Crippen LogP contribution in [-0.2, 0) is 0 Å². The lowest BCUT2D eigenvalue weighted by Crippen LogP contribution is -2.41. The molecule has 2 amide bonds. The number of hydrogen-bond donors (Lipinski definition) is 1. The molecule has 0 saturated heterocycles. The van der Waals surface area contributed by atoms with Crippen molar-refractivity contribution in [1.29, 1.82) is 0 Å². The van der Waals surface area contributed by atoms with Gasteiger partial charge in [-0.2, -0.15) is 0 Å². The maximum Gasteiger partial charge on any atom is 0.317 e. The van der Waals surface area contributed by atoms with Crippen LogP contribution in [0.5, 0.6) is 5.75 Å². The first-order valence-electron chi connectivity index (χ1n) is 7.67. The minimum atomic E-state index is -0.290. The van der Waals surface area contributed by atoms with E-state index in [1.165, 1.54) is 12.1 Å². The van der Waals surface area contributed by atoms with Crippen LogP contribution in [0.4, 0.5) is 9.18 Å². The maximum absolute atomic E-state index is 12.8. The van der Waals surface area contributed by atoms with Gasteiger partial charge in [0.15, 0.2) is 0 Å². The van der Waals surface area contributed by atoms with Gasteiger partial charge in [0.2, 0.25) is 0 Å². The van der Waals surface area contributed by atoms with E-state index in [1.54, 1.807) is 24.1 Å². The average molecular weight is 306 g/mol. The topological polar surface area (TPSA) is 41.6 Å². The predicted molar refractivity (Wildman–Crippen MR) is 84.4 cm³/mol. The number of rotatable bonds is 6. The van der Waals surface area contributed by atoms with Crippen molar-refractivity contribution in [2.45, 2.75) is 19.3 Å². The molecule has 0 fully saturated rings. The van der Waals surface area contributed by atoms with Crippen LogP contribution in [0.2, 0.25) is 0 Å². The molecule has 0 aromatic heterocycles. The molecule has 22 heavy (non-hydrogen) atoms. The second-order valence-corrected chi connectivity index (χ2v) is 5.56. The number of halogens is 1. The predicted octanol–water partition coefficient (Wildman–Crippen LogP) is 3.20. The minimum Gasteiger partial charge on any atom is -0.492 e. The molecule has 0 spiro atoms. The van der Waals surface area contributed by atoms with Crippen LogP contribution in [0.15, 0.2) is 36.4 Å². The van der Waals surface area contributed by atoms with Crippen LogP contribution in [0.25, 0.3) is 0 Å². The molecule has 0 heterocycles. The highest BCUT2D eigenvalue weighted by Gasteiger charge is 2.13. The van der Waals surface area contributed by atoms with E-state index >= 15 is 0 Å². The first-order chi connectivity index (χ1) is 10.6. The normalized spacial score (nSPS) is 17.1. The summed E-state index contributed by atoms with van der Waals surface area (Å²) in [7, 11) is 1.74. The lowest BCUT2D eigenvalue weighted by molar-refractivity contribution is 0.193. The summed E-state index contributed by atoms with van der Waals surface area (Å²) in [6, 6.07) is 5.77. The summed E-state index contributed by atoms with van der Waals surface area (Å²) in [5.41, 5.74) is 0. The maximum atomic E-state index is 12.8. The van der Waals surface area contributed by atoms with E-state index in [2.05, 4.69) is 17.5 Å². The molecule has 1 atom stereocenters. The van der Waals surface area contributed by atoms with Gasteiger partial charge in [-0.1, -0.05) is 12.2 Å². The quantitative estimate of drug-likeness (QED) is 0.820. The van der Waals surface area contributed by atoms with Gasteiger partial charge < -0.3 is 15.0 Å². The van der Waals surface area contributed by atoms with Crippen LogP contribution in [0.1, 0.15) is 19.3 Å². The molecular weight excluding hydrogens is 283 g/mol. The van der Waals surface area contributed by atoms with Crippen LogP contribution >= 0.6 is 0 Å². The number of nitrogens with one attached hydrogen (secondary N) is 1. The summed E-state index contributed by atoms with van der Waals surface area (Å²) >= 11 is 0. The van der Waals surface area contributed by atoms with Crippen molar-refractivity contribution in [1.82, 2.24) is 10.2 Å². The number of hydrogen-bond acceptors (Lipinski definition) is 2. The SMILES string of the molecule is CN(CCOc1ccc(F)cc1)C(=O)NCC1CC=CCC1. The molecule has 1 aromatic rings. The highest BCUT2D eigenvalue weighted by Crippen LogP contribution is 2.16.